The van der Waals surface area contributed by atoms with Gasteiger partial charge in [-0.1, -0.05) is 133 Å². The number of anilines is 3. The molecule has 0 N–H and O–H groups in total. The lowest BCUT2D eigenvalue weighted by molar-refractivity contribution is 0.673. The summed E-state index contributed by atoms with van der Waals surface area (Å²) in [5, 5.41) is 2.04. The molecule has 0 atom stereocenters. The zero-order valence-corrected chi connectivity index (χ0v) is 25.1. The van der Waals surface area contributed by atoms with Crippen LogP contribution in [0.5, 0.6) is 0 Å². The van der Waals surface area contributed by atoms with Crippen molar-refractivity contribution in [1.82, 2.24) is 0 Å². The first kappa shape index (κ1) is 16.4. The van der Waals surface area contributed by atoms with E-state index in [9.17, 15) is 6.85 Å². The molecule has 0 radical (unpaired) electrons. The summed E-state index contributed by atoms with van der Waals surface area (Å²) in [6.45, 7) is 0. The summed E-state index contributed by atoms with van der Waals surface area (Å²) in [5.74, 6) is 0. The average molecular weight is 629 g/mol. The highest BCUT2D eigenvalue weighted by Gasteiger charge is 2.16. The number of rotatable bonds is 6. The smallest absolute Gasteiger partial charge is 0.143 e. The van der Waals surface area contributed by atoms with Crippen LogP contribution in [0.15, 0.2) is 192 Å². The second kappa shape index (κ2) is 11.8. The summed E-state index contributed by atoms with van der Waals surface area (Å²) >= 11 is 0. The summed E-state index contributed by atoms with van der Waals surface area (Å²) < 4.78 is 137. The van der Waals surface area contributed by atoms with E-state index >= 15 is 0 Å². The maximum absolute atomic E-state index is 9.41. The molecular weight excluding hydrogens is 583 g/mol. The van der Waals surface area contributed by atoms with Crippen molar-refractivity contribution >= 4 is 49.8 Å². The molecule has 9 aromatic rings. The van der Waals surface area contributed by atoms with Gasteiger partial charge in [-0.15, -0.1) is 0 Å². The maximum Gasteiger partial charge on any atom is 0.143 e. The Hall–Kier alpha value is -6.38. The van der Waals surface area contributed by atoms with Gasteiger partial charge >= 0.3 is 0 Å². The van der Waals surface area contributed by atoms with Gasteiger partial charge in [0.15, 0.2) is 0 Å². The Morgan fingerprint density at radius 2 is 0.979 bits per heavy atom. The number of fused-ring (bicyclic) bond motifs is 5. The molecule has 9 rings (SSSR count). The largest absolute Gasteiger partial charge is 0.455 e. The monoisotopic (exact) mass is 628 g/mol. The molecule has 0 bridgehead atoms. The fraction of sp³-hybridized carbons (Fsp3) is 0. The Kier molecular flexibility index (Phi) is 4.03. The van der Waals surface area contributed by atoms with E-state index < -0.39 is 42.3 Å². The van der Waals surface area contributed by atoms with Crippen molar-refractivity contribution in [3.05, 3.63) is 188 Å². The van der Waals surface area contributed by atoms with Gasteiger partial charge in [0.1, 0.15) is 11.2 Å². The first-order valence-electron chi connectivity index (χ1n) is 22.6. The lowest BCUT2D eigenvalue weighted by Gasteiger charge is -2.26. The average Bonchev–Trinajstić information content (AvgIpc) is 3.67. The minimum absolute atomic E-state index is 0.00690. The molecule has 2 nitrogen and oxygen atoms in total. The van der Waals surface area contributed by atoms with Gasteiger partial charge in [-0.2, -0.15) is 0 Å². The van der Waals surface area contributed by atoms with Gasteiger partial charge < -0.3 is 9.32 Å². The van der Waals surface area contributed by atoms with Crippen LogP contribution < -0.4 is 4.90 Å². The molecule has 0 aliphatic heterocycles. The zero-order chi connectivity index (χ0) is 44.9. The lowest BCUT2D eigenvalue weighted by atomic mass is 9.95. The van der Waals surface area contributed by atoms with Crippen LogP contribution in [-0.2, 0) is 0 Å². The molecule has 1 aromatic heterocycles. The van der Waals surface area contributed by atoms with E-state index in [4.69, 9.17) is 18.1 Å². The molecule has 0 saturated heterocycles. The van der Waals surface area contributed by atoms with Gasteiger partial charge in [0.2, 0.25) is 0 Å². The molecule has 8 aromatic carbocycles. The molecule has 0 spiro atoms. The van der Waals surface area contributed by atoms with Gasteiger partial charge in [-0.25, -0.2) is 0 Å². The van der Waals surface area contributed by atoms with E-state index in [1.165, 1.54) is 47.4 Å². The third kappa shape index (κ3) is 4.92. The molecule has 0 aliphatic rings. The van der Waals surface area contributed by atoms with Gasteiger partial charge in [0.05, 0.1) is 20.6 Å². The summed E-state index contributed by atoms with van der Waals surface area (Å²) in [6.07, 6.45) is 0. The minimum Gasteiger partial charge on any atom is -0.455 e. The first-order valence-corrected chi connectivity index (χ1v) is 15.1. The van der Waals surface area contributed by atoms with E-state index in [1.807, 2.05) is 54.6 Å². The molecule has 1 heterocycles. The van der Waals surface area contributed by atoms with Crippen molar-refractivity contribution in [3.8, 4) is 33.4 Å². The molecule has 0 fully saturated rings. The SMILES string of the molecule is [2H]c1cc(N(c2cc([2H])c(-c3cc([2H])c4c(oc5c6ccccc6c(-c6ccccc6)c([2H])c54)c3[2H])c([2H])c2)c2cc([2H])c(-c3c([2H])c([2H])c([2H])c([2H])c3[2H])c([2H])c2)cc([2H])c1[2H]. The van der Waals surface area contributed by atoms with Crippen molar-refractivity contribution in [2.45, 2.75) is 0 Å². The standard InChI is InChI=1S/C46H31NO/c1-4-12-32(13-5-1)33-20-25-38(26-21-33)47(37-16-8-3-9-17-37)39-27-22-34(23-28-39)36-24-29-41-44-31-43(35-14-6-2-7-15-35)40-18-10-11-19-42(40)46(44)48-45(41)30-36/h1-31H/i1D,3D,4D,5D,8D,9D,12D,13D,20D,21D,22D,23D,29D,30D,31D. The van der Waals surface area contributed by atoms with E-state index in [-0.39, 0.29) is 98.6 Å². The van der Waals surface area contributed by atoms with Crippen LogP contribution in [0.3, 0.4) is 0 Å². The van der Waals surface area contributed by atoms with Crippen LogP contribution >= 0.6 is 0 Å². The van der Waals surface area contributed by atoms with Crippen molar-refractivity contribution in [1.29, 1.82) is 0 Å². The van der Waals surface area contributed by atoms with Crippen molar-refractivity contribution in [3.63, 3.8) is 0 Å². The third-order valence-electron chi connectivity index (χ3n) is 8.11. The van der Waals surface area contributed by atoms with Crippen LogP contribution in [0.25, 0.3) is 66.1 Å². The third-order valence-corrected chi connectivity index (χ3v) is 8.11. The van der Waals surface area contributed by atoms with Crippen molar-refractivity contribution < 1.29 is 25.0 Å². The topological polar surface area (TPSA) is 16.4 Å². The summed E-state index contributed by atoms with van der Waals surface area (Å²) in [4.78, 5) is 1.38. The van der Waals surface area contributed by atoms with E-state index in [2.05, 4.69) is 0 Å². The van der Waals surface area contributed by atoms with Crippen LogP contribution in [-0.4, -0.2) is 0 Å². The van der Waals surface area contributed by atoms with Gasteiger partial charge in [-0.3, -0.25) is 0 Å². The number of nitrogens with zero attached hydrogens (tertiary/aromatic N) is 1. The van der Waals surface area contributed by atoms with Crippen LogP contribution in [0, 0.1) is 0 Å². The summed E-state index contributed by atoms with van der Waals surface area (Å²) in [7, 11) is 0. The maximum atomic E-state index is 9.41. The second-order valence-corrected chi connectivity index (χ2v) is 11.0. The van der Waals surface area contributed by atoms with Crippen LogP contribution in [0.4, 0.5) is 17.1 Å². The summed E-state index contributed by atoms with van der Waals surface area (Å²) in [6, 6.07) is 20.4. The molecule has 0 aliphatic carbocycles. The first-order chi connectivity index (χ1) is 30.0. The highest BCUT2D eigenvalue weighted by Crippen LogP contribution is 2.41. The predicted octanol–water partition coefficient (Wildman–Crippen LogP) is 13.2. The van der Waals surface area contributed by atoms with Crippen LogP contribution in [0.2, 0.25) is 0 Å². The lowest BCUT2D eigenvalue weighted by Crippen LogP contribution is -2.09. The Bertz CT molecular complexity index is 3320. The fourth-order valence-corrected chi connectivity index (χ4v) is 5.89. The molecule has 226 valence electrons. The van der Waals surface area contributed by atoms with Crippen LogP contribution in [0.1, 0.15) is 20.6 Å². The molecule has 0 unspecified atom stereocenters. The molecular formula is C46H31NO. The molecule has 48 heavy (non-hydrogen) atoms. The molecule has 0 saturated carbocycles. The summed E-state index contributed by atoms with van der Waals surface area (Å²) in [5.41, 5.74) is 1.48. The van der Waals surface area contributed by atoms with Crippen molar-refractivity contribution in [2.24, 2.45) is 0 Å². The highest BCUT2D eigenvalue weighted by molar-refractivity contribution is 6.19. The highest BCUT2D eigenvalue weighted by atomic mass is 16.3. The second-order valence-electron chi connectivity index (χ2n) is 11.0. The fourth-order valence-electron chi connectivity index (χ4n) is 5.89. The number of para-hydroxylation sites is 1. The normalized spacial score (nSPS) is 15.7. The van der Waals surface area contributed by atoms with E-state index in [0.717, 1.165) is 10.9 Å². The zero-order valence-electron chi connectivity index (χ0n) is 40.1. The van der Waals surface area contributed by atoms with E-state index in [0.29, 0.717) is 21.9 Å². The molecule has 0 amide bonds. The van der Waals surface area contributed by atoms with E-state index in [1.54, 1.807) is 0 Å². The predicted molar refractivity (Wildman–Crippen MR) is 202 cm³/mol. The number of hydrogen-bond acceptors (Lipinski definition) is 2. The van der Waals surface area contributed by atoms with Crippen molar-refractivity contribution in [2.75, 3.05) is 4.90 Å². The Labute approximate surface area is 300 Å². The minimum atomic E-state index is -0.636. The Morgan fingerprint density at radius 1 is 0.396 bits per heavy atom. The Balaban J connectivity index is 1.23. The number of hydrogen-bond donors (Lipinski definition) is 0. The number of furan rings is 1. The number of benzene rings is 8. The Morgan fingerprint density at radius 3 is 1.69 bits per heavy atom. The quantitative estimate of drug-likeness (QED) is 0.182. The van der Waals surface area contributed by atoms with Gasteiger partial charge in [0.25, 0.3) is 0 Å². The molecule has 2 heteroatoms. The van der Waals surface area contributed by atoms with Gasteiger partial charge in [0, 0.05) is 33.2 Å². The van der Waals surface area contributed by atoms with Gasteiger partial charge in [-0.05, 0) is 93.3 Å².